The molecule has 1 aliphatic heterocycles. The summed E-state index contributed by atoms with van der Waals surface area (Å²) >= 11 is 0. The summed E-state index contributed by atoms with van der Waals surface area (Å²) in [6.07, 6.45) is 10.2. The fourth-order valence-corrected chi connectivity index (χ4v) is 3.80. The summed E-state index contributed by atoms with van der Waals surface area (Å²) < 4.78 is 7.83. The van der Waals surface area contributed by atoms with Crippen molar-refractivity contribution in [2.45, 2.75) is 57.5 Å². The third-order valence-corrected chi connectivity index (χ3v) is 5.60. The van der Waals surface area contributed by atoms with E-state index in [0.717, 1.165) is 44.7 Å². The molecule has 146 valence electrons. The molecule has 3 heterocycles. The summed E-state index contributed by atoms with van der Waals surface area (Å²) in [5.74, 6) is 1.84. The zero-order valence-corrected chi connectivity index (χ0v) is 16.1. The van der Waals surface area contributed by atoms with E-state index in [9.17, 15) is 0 Å². The molecule has 2 aromatic rings. The summed E-state index contributed by atoms with van der Waals surface area (Å²) in [7, 11) is 0. The Hall–Kier alpha value is -2.22. The van der Waals surface area contributed by atoms with Crippen LogP contribution in [0.1, 0.15) is 57.1 Å². The van der Waals surface area contributed by atoms with Crippen LogP contribution in [-0.4, -0.2) is 50.5 Å². The Balaban J connectivity index is 1.22. The van der Waals surface area contributed by atoms with Gasteiger partial charge in [0.2, 0.25) is 5.95 Å². The molecule has 0 amide bonds. The summed E-state index contributed by atoms with van der Waals surface area (Å²) in [6, 6.07) is 1.40. The van der Waals surface area contributed by atoms with Crippen molar-refractivity contribution in [2.75, 3.05) is 25.0 Å². The maximum absolute atomic E-state index is 5.87. The van der Waals surface area contributed by atoms with Crippen LogP contribution in [0.25, 0.3) is 0 Å². The topological polar surface area (TPSA) is 89.8 Å². The first kappa shape index (κ1) is 18.2. The zero-order chi connectivity index (χ0) is 18.6. The molecule has 8 heteroatoms. The number of hydrogen-bond acceptors (Lipinski definition) is 7. The molecule has 2 aromatic heterocycles. The molecule has 8 nitrogen and oxygen atoms in total. The molecule has 0 bridgehead atoms. The summed E-state index contributed by atoms with van der Waals surface area (Å²) in [4.78, 5) is 9.05. The molecule has 27 heavy (non-hydrogen) atoms. The second-order valence-corrected chi connectivity index (χ2v) is 7.97. The van der Waals surface area contributed by atoms with Crippen LogP contribution in [0.2, 0.25) is 0 Å². The van der Waals surface area contributed by atoms with Gasteiger partial charge in [-0.15, -0.1) is 5.10 Å². The average molecular weight is 371 g/mol. The Morgan fingerprint density at radius 3 is 2.67 bits per heavy atom. The van der Waals surface area contributed by atoms with Crippen molar-refractivity contribution in [3.05, 3.63) is 24.3 Å². The largest absolute Gasteiger partial charge is 0.463 e. The van der Waals surface area contributed by atoms with Crippen LogP contribution >= 0.6 is 0 Å². The van der Waals surface area contributed by atoms with Gasteiger partial charge in [0, 0.05) is 24.5 Å². The fraction of sp³-hybridized carbons (Fsp3) is 0.684. The van der Waals surface area contributed by atoms with Crippen molar-refractivity contribution in [3.63, 3.8) is 0 Å². The van der Waals surface area contributed by atoms with E-state index in [1.54, 1.807) is 6.33 Å². The molecule has 4 rings (SSSR count). The molecule has 0 aromatic carbocycles. The Labute approximate surface area is 160 Å². The summed E-state index contributed by atoms with van der Waals surface area (Å²) in [5, 5.41) is 14.8. The Morgan fingerprint density at radius 2 is 1.96 bits per heavy atom. The highest BCUT2D eigenvalue weighted by molar-refractivity contribution is 5.28. The zero-order valence-electron chi connectivity index (χ0n) is 16.1. The number of nitrogens with one attached hydrogen (secondary N) is 2. The van der Waals surface area contributed by atoms with Crippen molar-refractivity contribution in [2.24, 2.45) is 5.92 Å². The minimum absolute atomic E-state index is 0.304. The lowest BCUT2D eigenvalue weighted by Crippen LogP contribution is -2.35. The smallest absolute Gasteiger partial charge is 0.316 e. The normalized spacial score (nSPS) is 23.2. The first-order chi connectivity index (χ1) is 13.2. The van der Waals surface area contributed by atoms with Gasteiger partial charge >= 0.3 is 6.01 Å². The van der Waals surface area contributed by atoms with Gasteiger partial charge in [0.15, 0.2) is 0 Å². The van der Waals surface area contributed by atoms with Gasteiger partial charge in [0.1, 0.15) is 6.33 Å². The van der Waals surface area contributed by atoms with E-state index < -0.39 is 0 Å². The average Bonchev–Trinajstić information content (AvgIpc) is 3.11. The van der Waals surface area contributed by atoms with Gasteiger partial charge in [-0.2, -0.15) is 0 Å². The van der Waals surface area contributed by atoms with Crippen LogP contribution in [0, 0.1) is 5.92 Å². The maximum Gasteiger partial charge on any atom is 0.316 e. The van der Waals surface area contributed by atoms with E-state index in [2.05, 4.69) is 44.6 Å². The Bertz CT molecular complexity index is 718. The SMILES string of the molecule is CC(C)n1cnnc1OCC1CC(c2cnc(NC3CCNCC3)nc2)C1. The highest BCUT2D eigenvalue weighted by Gasteiger charge is 2.31. The van der Waals surface area contributed by atoms with Crippen molar-refractivity contribution < 1.29 is 4.74 Å². The number of aromatic nitrogens is 5. The molecule has 2 fully saturated rings. The van der Waals surface area contributed by atoms with Crippen LogP contribution in [0.5, 0.6) is 6.01 Å². The molecule has 1 aliphatic carbocycles. The first-order valence-electron chi connectivity index (χ1n) is 10.0. The Morgan fingerprint density at radius 1 is 1.22 bits per heavy atom. The van der Waals surface area contributed by atoms with Crippen molar-refractivity contribution >= 4 is 5.95 Å². The van der Waals surface area contributed by atoms with Gasteiger partial charge in [-0.05, 0) is 70.0 Å². The molecule has 1 saturated heterocycles. The second kappa shape index (κ2) is 8.21. The van der Waals surface area contributed by atoms with E-state index in [4.69, 9.17) is 4.74 Å². The van der Waals surface area contributed by atoms with E-state index in [1.165, 1.54) is 5.56 Å². The molecule has 0 spiro atoms. The summed E-state index contributed by atoms with van der Waals surface area (Å²) in [6.45, 7) is 7.01. The van der Waals surface area contributed by atoms with Crippen LogP contribution < -0.4 is 15.4 Å². The molecule has 0 atom stereocenters. The number of nitrogens with zero attached hydrogens (tertiary/aromatic N) is 5. The lowest BCUT2D eigenvalue weighted by Gasteiger charge is -2.35. The summed E-state index contributed by atoms with van der Waals surface area (Å²) in [5.41, 5.74) is 1.23. The predicted molar refractivity (Wildman–Crippen MR) is 103 cm³/mol. The molecule has 1 saturated carbocycles. The van der Waals surface area contributed by atoms with Gasteiger partial charge in [0.25, 0.3) is 0 Å². The third-order valence-electron chi connectivity index (χ3n) is 5.60. The number of hydrogen-bond donors (Lipinski definition) is 2. The monoisotopic (exact) mass is 371 g/mol. The number of rotatable bonds is 7. The molecule has 0 radical (unpaired) electrons. The van der Waals surface area contributed by atoms with Gasteiger partial charge in [0.05, 0.1) is 6.61 Å². The third kappa shape index (κ3) is 4.37. The Kier molecular flexibility index (Phi) is 5.52. The molecule has 2 N–H and O–H groups in total. The van der Waals surface area contributed by atoms with Crippen molar-refractivity contribution in [1.82, 2.24) is 30.0 Å². The van der Waals surface area contributed by atoms with E-state index in [-0.39, 0.29) is 0 Å². The molecular formula is C19H29N7O. The van der Waals surface area contributed by atoms with E-state index in [1.807, 2.05) is 17.0 Å². The number of ether oxygens (including phenoxy) is 1. The van der Waals surface area contributed by atoms with Crippen LogP contribution in [-0.2, 0) is 0 Å². The lowest BCUT2D eigenvalue weighted by molar-refractivity contribution is 0.143. The predicted octanol–water partition coefficient (Wildman–Crippen LogP) is 2.39. The minimum Gasteiger partial charge on any atom is -0.463 e. The second-order valence-electron chi connectivity index (χ2n) is 7.97. The minimum atomic E-state index is 0.304. The molecule has 2 aliphatic rings. The highest BCUT2D eigenvalue weighted by atomic mass is 16.5. The van der Waals surface area contributed by atoms with Crippen LogP contribution in [0.3, 0.4) is 0 Å². The highest BCUT2D eigenvalue weighted by Crippen LogP contribution is 2.41. The standard InChI is InChI=1S/C19H29N7O/c1-13(2)26-12-23-25-19(26)27-11-14-7-15(8-14)16-9-21-18(22-10-16)24-17-3-5-20-6-4-17/h9-10,12-15,17,20H,3-8,11H2,1-2H3,(H,21,22,24). The first-order valence-corrected chi connectivity index (χ1v) is 10.0. The van der Waals surface area contributed by atoms with Gasteiger partial charge in [-0.1, -0.05) is 5.10 Å². The van der Waals surface area contributed by atoms with Gasteiger partial charge in [-0.3, -0.25) is 4.57 Å². The van der Waals surface area contributed by atoms with Gasteiger partial charge < -0.3 is 15.4 Å². The van der Waals surface area contributed by atoms with Crippen molar-refractivity contribution in [1.29, 1.82) is 0 Å². The number of anilines is 1. The lowest BCUT2D eigenvalue weighted by atomic mass is 9.72. The fourth-order valence-electron chi connectivity index (χ4n) is 3.80. The van der Waals surface area contributed by atoms with Gasteiger partial charge in [-0.25, -0.2) is 9.97 Å². The molecular weight excluding hydrogens is 342 g/mol. The quantitative estimate of drug-likeness (QED) is 0.772. The van der Waals surface area contributed by atoms with E-state index in [0.29, 0.717) is 36.5 Å². The number of piperidine rings is 1. The van der Waals surface area contributed by atoms with Crippen LogP contribution in [0.4, 0.5) is 5.95 Å². The maximum atomic E-state index is 5.87. The molecule has 0 unspecified atom stereocenters. The van der Waals surface area contributed by atoms with Crippen molar-refractivity contribution in [3.8, 4) is 6.01 Å². The van der Waals surface area contributed by atoms with Crippen LogP contribution in [0.15, 0.2) is 18.7 Å². The van der Waals surface area contributed by atoms with E-state index >= 15 is 0 Å².